The summed E-state index contributed by atoms with van der Waals surface area (Å²) in [5.74, 6) is -0.571. The average Bonchev–Trinajstić information content (AvgIpc) is 2.80. The van der Waals surface area contributed by atoms with Crippen molar-refractivity contribution >= 4 is 29.2 Å². The number of amides is 1. The highest BCUT2D eigenvalue weighted by Crippen LogP contribution is 2.30. The van der Waals surface area contributed by atoms with Crippen LogP contribution >= 0.6 is 11.6 Å². The van der Waals surface area contributed by atoms with Gasteiger partial charge in [-0.15, -0.1) is 0 Å². The molecule has 1 amide bonds. The Bertz CT molecular complexity index is 1090. The lowest BCUT2D eigenvalue weighted by molar-refractivity contribution is -0.143. The minimum absolute atomic E-state index is 0.217. The van der Waals surface area contributed by atoms with Crippen LogP contribution in [0.1, 0.15) is 37.5 Å². The molecule has 1 aliphatic rings. The molecule has 2 unspecified atom stereocenters. The Balaban J connectivity index is 1.72. The molecular formula is C27H31ClN2O5. The molecule has 2 N–H and O–H groups in total. The van der Waals surface area contributed by atoms with E-state index in [0.717, 1.165) is 16.7 Å². The molecule has 0 aromatic heterocycles. The number of aliphatic hydroxyl groups is 1. The van der Waals surface area contributed by atoms with Crippen LogP contribution < -0.4 is 5.32 Å². The van der Waals surface area contributed by atoms with Crippen LogP contribution in [0.5, 0.6) is 0 Å². The van der Waals surface area contributed by atoms with Crippen molar-refractivity contribution in [1.29, 1.82) is 0 Å². The molecule has 0 saturated heterocycles. The Hall–Kier alpha value is -3.29. The molecule has 3 rings (SSSR count). The lowest BCUT2D eigenvalue weighted by atomic mass is 9.97. The van der Waals surface area contributed by atoms with E-state index in [4.69, 9.17) is 21.1 Å². The van der Waals surface area contributed by atoms with Crippen molar-refractivity contribution in [3.05, 3.63) is 88.6 Å². The molecule has 1 aliphatic heterocycles. The zero-order chi connectivity index (χ0) is 25.6. The maximum Gasteiger partial charge on any atom is 0.408 e. The second kappa shape index (κ2) is 11.4. The van der Waals surface area contributed by atoms with E-state index >= 15 is 0 Å². The van der Waals surface area contributed by atoms with Gasteiger partial charge in [-0.05, 0) is 43.5 Å². The zero-order valence-corrected chi connectivity index (χ0v) is 21.1. The summed E-state index contributed by atoms with van der Waals surface area (Å²) >= 11 is 6.36. The number of aliphatic hydroxyl groups excluding tert-OH is 1. The Morgan fingerprint density at radius 2 is 1.74 bits per heavy atom. The summed E-state index contributed by atoms with van der Waals surface area (Å²) in [4.78, 5) is 26.2. The summed E-state index contributed by atoms with van der Waals surface area (Å²) in [7, 11) is 1.27. The van der Waals surface area contributed by atoms with Gasteiger partial charge in [0.2, 0.25) is 0 Å². The van der Waals surface area contributed by atoms with Crippen LogP contribution in [-0.4, -0.2) is 47.0 Å². The molecule has 0 radical (unpaired) electrons. The first-order valence-corrected chi connectivity index (χ1v) is 11.7. The number of benzene rings is 2. The summed E-state index contributed by atoms with van der Waals surface area (Å²) in [6, 6.07) is 16.3. The molecule has 0 fully saturated rings. The number of halogens is 1. The van der Waals surface area contributed by atoms with Crippen LogP contribution in [-0.2, 0) is 27.2 Å². The molecule has 0 bridgehead atoms. The van der Waals surface area contributed by atoms with Gasteiger partial charge in [0, 0.05) is 24.7 Å². The van der Waals surface area contributed by atoms with Gasteiger partial charge in [-0.1, -0.05) is 66.2 Å². The molecule has 7 nitrogen and oxygen atoms in total. The van der Waals surface area contributed by atoms with Gasteiger partial charge in [0.1, 0.15) is 11.6 Å². The topological polar surface area (TPSA) is 88.1 Å². The van der Waals surface area contributed by atoms with Gasteiger partial charge in [0.25, 0.3) is 0 Å². The number of esters is 1. The van der Waals surface area contributed by atoms with E-state index in [1.165, 1.54) is 7.11 Å². The molecule has 0 aliphatic carbocycles. The second-order valence-electron chi connectivity index (χ2n) is 9.27. The first-order chi connectivity index (χ1) is 16.6. The highest BCUT2D eigenvalue weighted by atomic mass is 35.5. The van der Waals surface area contributed by atoms with E-state index in [-0.39, 0.29) is 6.42 Å². The maximum absolute atomic E-state index is 12.2. The number of nitrogens with zero attached hydrogens (tertiary/aromatic N) is 1. The SMILES string of the molecule is COC(=O)C(Cc1ccc(C2=CC(Cl)=CN(Cc3ccccc3)C2O)cc1)NC(=O)OC(C)(C)C. The number of hydrogen-bond acceptors (Lipinski definition) is 6. The van der Waals surface area contributed by atoms with E-state index < -0.39 is 29.9 Å². The van der Waals surface area contributed by atoms with Crippen LogP contribution in [0.25, 0.3) is 5.57 Å². The summed E-state index contributed by atoms with van der Waals surface area (Å²) in [5.41, 5.74) is 2.62. The van der Waals surface area contributed by atoms with Crippen molar-refractivity contribution in [3.8, 4) is 0 Å². The molecule has 35 heavy (non-hydrogen) atoms. The number of carbonyl (C=O) groups excluding carboxylic acids is 2. The average molecular weight is 499 g/mol. The van der Waals surface area contributed by atoms with Crippen molar-refractivity contribution in [2.75, 3.05) is 7.11 Å². The van der Waals surface area contributed by atoms with Gasteiger partial charge in [-0.2, -0.15) is 0 Å². The van der Waals surface area contributed by atoms with E-state index in [9.17, 15) is 14.7 Å². The Kier molecular flexibility index (Phi) is 8.59. The third-order valence-corrected chi connectivity index (χ3v) is 5.49. The fourth-order valence-electron chi connectivity index (χ4n) is 3.68. The minimum Gasteiger partial charge on any atom is -0.467 e. The van der Waals surface area contributed by atoms with E-state index in [1.807, 2.05) is 54.6 Å². The number of methoxy groups -OCH3 is 1. The lowest BCUT2D eigenvalue weighted by Gasteiger charge is -2.32. The Morgan fingerprint density at radius 1 is 1.09 bits per heavy atom. The lowest BCUT2D eigenvalue weighted by Crippen LogP contribution is -2.45. The standard InChI is InChI=1S/C27H31ClN2O5/c1-27(2,3)35-26(33)29-23(25(32)34-4)14-18-10-12-20(13-11-18)22-15-21(28)17-30(24(22)31)16-19-8-6-5-7-9-19/h5-13,15,17,23-24,31H,14,16H2,1-4H3,(H,29,33). The molecule has 0 saturated carbocycles. The van der Waals surface area contributed by atoms with Crippen molar-refractivity contribution in [1.82, 2.24) is 10.2 Å². The quantitative estimate of drug-likeness (QED) is 0.543. The van der Waals surface area contributed by atoms with E-state index in [2.05, 4.69) is 5.32 Å². The number of carbonyl (C=O) groups is 2. The third-order valence-electron chi connectivity index (χ3n) is 5.29. The Labute approximate surface area is 211 Å². The zero-order valence-electron chi connectivity index (χ0n) is 20.3. The van der Waals surface area contributed by atoms with Crippen LogP contribution in [0.15, 0.2) is 71.9 Å². The molecule has 2 aromatic rings. The number of ether oxygens (including phenoxy) is 2. The minimum atomic E-state index is -0.904. The molecule has 2 aromatic carbocycles. The van der Waals surface area contributed by atoms with Gasteiger partial charge >= 0.3 is 12.1 Å². The maximum atomic E-state index is 12.2. The van der Waals surface area contributed by atoms with Gasteiger partial charge in [0.05, 0.1) is 12.1 Å². The largest absolute Gasteiger partial charge is 0.467 e. The van der Waals surface area contributed by atoms with Crippen LogP contribution in [0.2, 0.25) is 0 Å². The van der Waals surface area contributed by atoms with Crippen LogP contribution in [0.3, 0.4) is 0 Å². The normalized spacial score (nSPS) is 16.6. The first-order valence-electron chi connectivity index (χ1n) is 11.3. The third kappa shape index (κ3) is 7.60. The van der Waals surface area contributed by atoms with E-state index in [1.54, 1.807) is 37.9 Å². The number of alkyl carbamates (subject to hydrolysis) is 1. The van der Waals surface area contributed by atoms with Gasteiger partial charge in [-0.3, -0.25) is 0 Å². The highest BCUT2D eigenvalue weighted by molar-refractivity contribution is 6.31. The number of nitrogens with one attached hydrogen (secondary N) is 1. The number of hydrogen-bond donors (Lipinski definition) is 2. The predicted octanol–water partition coefficient (Wildman–Crippen LogP) is 4.59. The summed E-state index contributed by atoms with van der Waals surface area (Å²) < 4.78 is 10.1. The fourth-order valence-corrected chi connectivity index (χ4v) is 3.92. The molecule has 0 spiro atoms. The van der Waals surface area contributed by atoms with Crippen LogP contribution in [0.4, 0.5) is 4.79 Å². The summed E-state index contributed by atoms with van der Waals surface area (Å²) in [6.07, 6.45) is 2.11. The summed E-state index contributed by atoms with van der Waals surface area (Å²) in [5, 5.41) is 14.1. The fraction of sp³-hybridized carbons (Fsp3) is 0.333. The molecule has 186 valence electrons. The molecular weight excluding hydrogens is 468 g/mol. The van der Waals surface area contributed by atoms with Crippen molar-refractivity contribution in [2.45, 2.75) is 51.6 Å². The van der Waals surface area contributed by atoms with Crippen LogP contribution in [0, 0.1) is 0 Å². The van der Waals surface area contributed by atoms with Crippen molar-refractivity contribution in [2.24, 2.45) is 0 Å². The molecule has 8 heteroatoms. The summed E-state index contributed by atoms with van der Waals surface area (Å²) in [6.45, 7) is 5.74. The number of allylic oxidation sites excluding steroid dienone is 2. The second-order valence-corrected chi connectivity index (χ2v) is 9.70. The number of rotatable bonds is 7. The first kappa shape index (κ1) is 26.3. The van der Waals surface area contributed by atoms with Gasteiger partial charge < -0.3 is 24.8 Å². The highest BCUT2D eigenvalue weighted by Gasteiger charge is 2.26. The Morgan fingerprint density at radius 3 is 2.34 bits per heavy atom. The van der Waals surface area contributed by atoms with Crippen molar-refractivity contribution < 1.29 is 24.2 Å². The molecule has 1 heterocycles. The van der Waals surface area contributed by atoms with Gasteiger partial charge in [0.15, 0.2) is 6.23 Å². The van der Waals surface area contributed by atoms with E-state index in [0.29, 0.717) is 17.2 Å². The predicted molar refractivity (Wildman–Crippen MR) is 135 cm³/mol. The smallest absolute Gasteiger partial charge is 0.408 e. The molecule has 2 atom stereocenters. The monoisotopic (exact) mass is 498 g/mol. The van der Waals surface area contributed by atoms with Crippen molar-refractivity contribution in [3.63, 3.8) is 0 Å². The van der Waals surface area contributed by atoms with Gasteiger partial charge in [-0.25, -0.2) is 9.59 Å².